The molecular weight excluding hydrogens is 328 g/mol. The van der Waals surface area contributed by atoms with Crippen LogP contribution < -0.4 is 0 Å². The lowest BCUT2D eigenvalue weighted by Gasteiger charge is -2.28. The number of hydrogen-bond donors (Lipinski definition) is 0. The average Bonchev–Trinajstić information content (AvgIpc) is 3.08. The molecule has 4 rings (SSSR count). The van der Waals surface area contributed by atoms with Gasteiger partial charge in [0.15, 0.2) is 11.6 Å². The second-order valence-corrected chi connectivity index (χ2v) is 6.28. The van der Waals surface area contributed by atoms with Gasteiger partial charge in [0.2, 0.25) is 0 Å². The Morgan fingerprint density at radius 1 is 0.885 bits per heavy atom. The largest absolute Gasteiger partial charge is 0.329 e. The molecule has 0 N–H and O–H groups in total. The molecule has 0 radical (unpaired) electrons. The number of nitrogens with zero attached hydrogens (tertiary/aromatic N) is 4. The van der Waals surface area contributed by atoms with E-state index in [1.54, 1.807) is 41.3 Å². The van der Waals surface area contributed by atoms with Crippen LogP contribution >= 0.6 is 0 Å². The minimum atomic E-state index is -0.156. The number of hydrogen-bond acceptors (Lipinski definition) is 4. The lowest BCUT2D eigenvalue weighted by molar-refractivity contribution is 0.0703. The highest BCUT2D eigenvalue weighted by Crippen LogP contribution is 2.20. The molecule has 0 bridgehead atoms. The molecule has 2 aromatic carbocycles. The Bertz CT molecular complexity index is 978. The molecule has 0 atom stereocenters. The first-order chi connectivity index (χ1) is 12.6. The van der Waals surface area contributed by atoms with E-state index >= 15 is 0 Å². The van der Waals surface area contributed by atoms with Crippen LogP contribution in [0.1, 0.15) is 37.9 Å². The van der Waals surface area contributed by atoms with Crippen molar-refractivity contribution in [2.75, 3.05) is 6.54 Å². The number of benzene rings is 2. The monoisotopic (exact) mass is 346 g/mol. The van der Waals surface area contributed by atoms with Crippen LogP contribution in [0.5, 0.6) is 0 Å². The van der Waals surface area contributed by atoms with E-state index in [1.165, 1.54) is 0 Å². The number of fused-ring (bicyclic) bond motifs is 1. The molecule has 0 unspecified atom stereocenters. The number of aromatic nitrogens is 3. The van der Waals surface area contributed by atoms with Crippen molar-refractivity contribution in [3.8, 4) is 0 Å². The highest BCUT2D eigenvalue weighted by molar-refractivity contribution is 6.15. The fourth-order valence-electron chi connectivity index (χ4n) is 3.26. The van der Waals surface area contributed by atoms with Crippen LogP contribution in [0, 0.1) is 6.92 Å². The minimum absolute atomic E-state index is 0.148. The van der Waals surface area contributed by atoms with E-state index in [9.17, 15) is 9.59 Å². The predicted octanol–water partition coefficient (Wildman–Crippen LogP) is 2.47. The fourth-order valence-corrected chi connectivity index (χ4v) is 3.26. The van der Waals surface area contributed by atoms with Crippen molar-refractivity contribution in [3.05, 3.63) is 82.9 Å². The van der Waals surface area contributed by atoms with E-state index < -0.39 is 0 Å². The van der Waals surface area contributed by atoms with E-state index in [4.69, 9.17) is 0 Å². The third-order valence-corrected chi connectivity index (χ3v) is 4.66. The molecule has 0 aliphatic carbocycles. The highest BCUT2D eigenvalue weighted by atomic mass is 16.2. The number of rotatable bonds is 3. The number of carbonyl (C=O) groups excluding carboxylic acids is 2. The standard InChI is InChI=1S/C20H18N4O2/c1-14-21-22-18-13-23(11-12-24(14)18)20(26)17-10-6-5-9-16(17)19(25)15-7-3-2-4-8-15/h2-10H,11-13H2,1H3. The van der Waals surface area contributed by atoms with Crippen molar-refractivity contribution in [2.24, 2.45) is 0 Å². The van der Waals surface area contributed by atoms with Crippen LogP contribution in [-0.2, 0) is 13.1 Å². The van der Waals surface area contributed by atoms with Crippen molar-refractivity contribution >= 4 is 11.7 Å². The molecule has 1 aliphatic heterocycles. The maximum Gasteiger partial charge on any atom is 0.255 e. The molecule has 1 aliphatic rings. The molecule has 130 valence electrons. The molecule has 2 heterocycles. The van der Waals surface area contributed by atoms with Gasteiger partial charge in [-0.1, -0.05) is 48.5 Å². The van der Waals surface area contributed by atoms with Crippen LogP contribution in [0.4, 0.5) is 0 Å². The van der Waals surface area contributed by atoms with Crippen molar-refractivity contribution in [2.45, 2.75) is 20.0 Å². The van der Waals surface area contributed by atoms with E-state index in [1.807, 2.05) is 29.7 Å². The van der Waals surface area contributed by atoms with Crippen molar-refractivity contribution in [3.63, 3.8) is 0 Å². The number of carbonyl (C=O) groups is 2. The molecule has 6 nitrogen and oxygen atoms in total. The fraction of sp³-hybridized carbons (Fsp3) is 0.200. The Labute approximate surface area is 151 Å². The first-order valence-corrected chi connectivity index (χ1v) is 8.52. The first-order valence-electron chi connectivity index (χ1n) is 8.52. The topological polar surface area (TPSA) is 68.1 Å². The third kappa shape index (κ3) is 2.79. The van der Waals surface area contributed by atoms with E-state index in [0.717, 1.165) is 11.6 Å². The summed E-state index contributed by atoms with van der Waals surface area (Å²) in [7, 11) is 0. The Morgan fingerprint density at radius 2 is 1.58 bits per heavy atom. The Balaban J connectivity index is 1.64. The zero-order valence-corrected chi connectivity index (χ0v) is 14.4. The smallest absolute Gasteiger partial charge is 0.255 e. The van der Waals surface area contributed by atoms with Gasteiger partial charge in [0.25, 0.3) is 5.91 Å². The van der Waals surface area contributed by atoms with Crippen molar-refractivity contribution in [1.82, 2.24) is 19.7 Å². The molecule has 0 saturated heterocycles. The first kappa shape index (κ1) is 16.2. The lowest BCUT2D eigenvalue weighted by atomic mass is 9.97. The van der Waals surface area contributed by atoms with Gasteiger partial charge in [-0.2, -0.15) is 0 Å². The third-order valence-electron chi connectivity index (χ3n) is 4.66. The normalized spacial score (nSPS) is 13.3. The molecule has 0 spiro atoms. The maximum absolute atomic E-state index is 13.1. The van der Waals surface area contributed by atoms with Crippen LogP contribution in [-0.4, -0.2) is 37.9 Å². The minimum Gasteiger partial charge on any atom is -0.329 e. The van der Waals surface area contributed by atoms with Gasteiger partial charge in [-0.25, -0.2) is 0 Å². The molecule has 1 aromatic heterocycles. The number of aryl methyl sites for hydroxylation is 1. The second kappa shape index (κ2) is 6.55. The molecule has 0 fully saturated rings. The van der Waals surface area contributed by atoms with Gasteiger partial charge in [-0.3, -0.25) is 9.59 Å². The summed E-state index contributed by atoms with van der Waals surface area (Å²) in [4.78, 5) is 27.7. The highest BCUT2D eigenvalue weighted by Gasteiger charge is 2.27. The maximum atomic E-state index is 13.1. The Hall–Kier alpha value is -3.28. The zero-order chi connectivity index (χ0) is 18.1. The van der Waals surface area contributed by atoms with Gasteiger partial charge in [0.05, 0.1) is 12.1 Å². The molecule has 6 heteroatoms. The van der Waals surface area contributed by atoms with Crippen molar-refractivity contribution in [1.29, 1.82) is 0 Å². The van der Waals surface area contributed by atoms with E-state index in [2.05, 4.69) is 10.2 Å². The number of amides is 1. The summed E-state index contributed by atoms with van der Waals surface area (Å²) in [6.07, 6.45) is 0. The van der Waals surface area contributed by atoms with Gasteiger partial charge in [0.1, 0.15) is 5.82 Å². The average molecular weight is 346 g/mol. The predicted molar refractivity (Wildman–Crippen MR) is 95.8 cm³/mol. The van der Waals surface area contributed by atoms with Gasteiger partial charge in [-0.15, -0.1) is 10.2 Å². The molecule has 26 heavy (non-hydrogen) atoms. The molecule has 0 saturated carbocycles. The summed E-state index contributed by atoms with van der Waals surface area (Å²) in [5, 5.41) is 8.21. The lowest BCUT2D eigenvalue weighted by Crippen LogP contribution is -2.39. The summed E-state index contributed by atoms with van der Waals surface area (Å²) in [6.45, 7) is 3.53. The SMILES string of the molecule is Cc1nnc2n1CCN(C(=O)c1ccccc1C(=O)c1ccccc1)C2. The summed E-state index contributed by atoms with van der Waals surface area (Å²) in [5.74, 6) is 1.32. The van der Waals surface area contributed by atoms with Crippen molar-refractivity contribution < 1.29 is 9.59 Å². The number of ketones is 1. The van der Waals surface area contributed by atoms with Gasteiger partial charge in [0, 0.05) is 24.2 Å². The summed E-state index contributed by atoms with van der Waals surface area (Å²) in [5.41, 5.74) is 1.42. The van der Waals surface area contributed by atoms with E-state index in [0.29, 0.717) is 36.3 Å². The molecule has 3 aromatic rings. The van der Waals surface area contributed by atoms with Gasteiger partial charge < -0.3 is 9.47 Å². The Kier molecular flexibility index (Phi) is 4.08. The van der Waals surface area contributed by atoms with E-state index in [-0.39, 0.29) is 11.7 Å². The van der Waals surface area contributed by atoms with Gasteiger partial charge >= 0.3 is 0 Å². The van der Waals surface area contributed by atoms with Crippen LogP contribution in [0.25, 0.3) is 0 Å². The molecule has 1 amide bonds. The van der Waals surface area contributed by atoms with Crippen LogP contribution in [0.2, 0.25) is 0 Å². The molecular formula is C20H18N4O2. The zero-order valence-electron chi connectivity index (χ0n) is 14.4. The quantitative estimate of drug-likeness (QED) is 0.683. The summed E-state index contributed by atoms with van der Waals surface area (Å²) < 4.78 is 2.02. The van der Waals surface area contributed by atoms with Gasteiger partial charge in [-0.05, 0) is 13.0 Å². The van der Waals surface area contributed by atoms with Crippen LogP contribution in [0.3, 0.4) is 0 Å². The summed E-state index contributed by atoms with van der Waals surface area (Å²) >= 11 is 0. The Morgan fingerprint density at radius 3 is 2.35 bits per heavy atom. The van der Waals surface area contributed by atoms with Crippen LogP contribution in [0.15, 0.2) is 54.6 Å². The summed E-state index contributed by atoms with van der Waals surface area (Å²) in [6, 6.07) is 16.0. The second-order valence-electron chi connectivity index (χ2n) is 6.28.